The Bertz CT molecular complexity index is 1510. The Morgan fingerprint density at radius 1 is 1.00 bits per heavy atom. The Kier molecular flexibility index (Phi) is 6.88. The molecule has 1 N–H and O–H groups in total. The summed E-state index contributed by atoms with van der Waals surface area (Å²) < 4.78 is 8.45. The van der Waals surface area contributed by atoms with Crippen LogP contribution >= 0.6 is 0 Å². The molecule has 3 heterocycles. The van der Waals surface area contributed by atoms with Gasteiger partial charge < -0.3 is 19.6 Å². The maximum absolute atomic E-state index is 13.3. The molecule has 8 nitrogen and oxygen atoms in total. The van der Waals surface area contributed by atoms with Gasteiger partial charge in [0.1, 0.15) is 11.4 Å². The van der Waals surface area contributed by atoms with Crippen LogP contribution in [0.25, 0.3) is 11.3 Å². The number of rotatable bonds is 5. The van der Waals surface area contributed by atoms with Crippen LogP contribution in [-0.2, 0) is 11.2 Å². The quantitative estimate of drug-likeness (QED) is 0.370. The molecule has 8 heteroatoms. The van der Waals surface area contributed by atoms with E-state index in [0.29, 0.717) is 19.5 Å². The van der Waals surface area contributed by atoms with Crippen LogP contribution in [0.4, 0.5) is 10.5 Å². The summed E-state index contributed by atoms with van der Waals surface area (Å²) in [5.41, 5.74) is 5.84. The maximum Gasteiger partial charge on any atom is 0.407 e. The second-order valence-corrected chi connectivity index (χ2v) is 12.5. The minimum absolute atomic E-state index is 0.132. The molecule has 1 aliphatic carbocycles. The van der Waals surface area contributed by atoms with E-state index in [1.54, 1.807) is 0 Å². The fraction of sp³-hybridized carbons (Fsp3) is 0.424. The van der Waals surface area contributed by atoms with E-state index in [4.69, 9.17) is 9.84 Å². The van der Waals surface area contributed by atoms with Crippen molar-refractivity contribution in [1.29, 1.82) is 0 Å². The number of fused-ring (bicyclic) bond motifs is 1. The summed E-state index contributed by atoms with van der Waals surface area (Å²) in [4.78, 5) is 28.5. The summed E-state index contributed by atoms with van der Waals surface area (Å²) in [5, 5.41) is 14.4. The van der Waals surface area contributed by atoms with Crippen LogP contribution in [-0.4, -0.2) is 50.9 Å². The van der Waals surface area contributed by atoms with Crippen molar-refractivity contribution >= 4 is 23.3 Å². The molecule has 3 aromatic rings. The minimum Gasteiger partial charge on any atom is -0.465 e. The van der Waals surface area contributed by atoms with Gasteiger partial charge in [-0.15, -0.1) is 0 Å². The molecule has 2 aromatic carbocycles. The summed E-state index contributed by atoms with van der Waals surface area (Å²) in [7, 11) is 0. The first-order valence-corrected chi connectivity index (χ1v) is 14.6. The Balaban J connectivity index is 1.44. The number of hydrogen-bond acceptors (Lipinski definition) is 4. The average molecular weight is 555 g/mol. The van der Waals surface area contributed by atoms with Crippen LogP contribution in [0.1, 0.15) is 64.5 Å². The first kappa shape index (κ1) is 27.1. The van der Waals surface area contributed by atoms with Gasteiger partial charge in [-0.1, -0.05) is 39.0 Å². The molecule has 1 saturated carbocycles. The predicted molar refractivity (Wildman–Crippen MR) is 159 cm³/mol. The molecule has 2 aliphatic heterocycles. The molecule has 1 unspecified atom stereocenters. The number of carbonyl (C=O) groups is 2. The predicted octanol–water partition coefficient (Wildman–Crippen LogP) is 6.93. The number of amides is 2. The van der Waals surface area contributed by atoms with E-state index < -0.39 is 6.09 Å². The van der Waals surface area contributed by atoms with E-state index in [2.05, 4.69) is 27.7 Å². The Morgan fingerprint density at radius 3 is 2.41 bits per heavy atom. The van der Waals surface area contributed by atoms with E-state index in [-0.39, 0.29) is 23.3 Å². The normalized spacial score (nSPS) is 19.3. The van der Waals surface area contributed by atoms with Crippen LogP contribution in [0.5, 0.6) is 11.5 Å². The van der Waals surface area contributed by atoms with Gasteiger partial charge in [0, 0.05) is 42.4 Å². The molecule has 2 amide bonds. The van der Waals surface area contributed by atoms with Crippen molar-refractivity contribution in [2.75, 3.05) is 18.0 Å². The summed E-state index contributed by atoms with van der Waals surface area (Å²) >= 11 is 0. The van der Waals surface area contributed by atoms with Crippen molar-refractivity contribution in [2.45, 2.75) is 65.8 Å². The molecule has 1 atom stereocenters. The van der Waals surface area contributed by atoms with E-state index in [1.807, 2.05) is 64.4 Å². The van der Waals surface area contributed by atoms with Gasteiger partial charge in [-0.25, -0.2) is 9.48 Å². The number of aromatic nitrogens is 2. The van der Waals surface area contributed by atoms with E-state index in [9.17, 15) is 14.7 Å². The van der Waals surface area contributed by atoms with E-state index >= 15 is 0 Å². The number of carbonyl (C=O) groups excluding carboxylic acids is 1. The standard InChI is InChI=1S/C33H38N4O4/c1-21-10-13-26-28(37(21)31(38)22-11-12-22)14-15-29(30(26)41-24-8-6-5-7-9-24)36-19-23(18-34-36)25-16-17-35(32(39)40)20-27(25)33(2,3)4/h5-9,14-15,18-19,21-22H,10-13,16-17,20H2,1-4H3,(H,39,40). The van der Waals surface area contributed by atoms with Crippen molar-refractivity contribution < 1.29 is 19.4 Å². The number of hydrogen-bond donors (Lipinski definition) is 1. The van der Waals surface area contributed by atoms with Gasteiger partial charge in [-0.2, -0.15) is 5.10 Å². The van der Waals surface area contributed by atoms with Gasteiger partial charge >= 0.3 is 6.09 Å². The Morgan fingerprint density at radius 2 is 1.73 bits per heavy atom. The fourth-order valence-electron chi connectivity index (χ4n) is 6.10. The number of para-hydroxylation sites is 1. The van der Waals surface area contributed by atoms with Crippen LogP contribution < -0.4 is 9.64 Å². The van der Waals surface area contributed by atoms with Crippen LogP contribution in [0.3, 0.4) is 0 Å². The summed E-state index contributed by atoms with van der Waals surface area (Å²) in [6.07, 6.45) is 7.25. The molecule has 0 bridgehead atoms. The van der Waals surface area contributed by atoms with Gasteiger partial charge in [0.05, 0.1) is 11.9 Å². The first-order valence-electron chi connectivity index (χ1n) is 14.6. The zero-order valence-corrected chi connectivity index (χ0v) is 24.3. The number of nitrogens with zero attached hydrogens (tertiary/aromatic N) is 4. The molecule has 0 saturated heterocycles. The second kappa shape index (κ2) is 10.4. The number of anilines is 1. The van der Waals surface area contributed by atoms with Crippen molar-refractivity contribution in [3.8, 4) is 17.2 Å². The van der Waals surface area contributed by atoms with E-state index in [0.717, 1.165) is 70.8 Å². The van der Waals surface area contributed by atoms with Crippen LogP contribution in [0, 0.1) is 11.3 Å². The zero-order valence-electron chi connectivity index (χ0n) is 24.3. The highest BCUT2D eigenvalue weighted by Crippen LogP contribution is 2.45. The number of benzene rings is 2. The summed E-state index contributed by atoms with van der Waals surface area (Å²) in [6.45, 7) is 9.36. The van der Waals surface area contributed by atoms with Crippen molar-refractivity contribution in [3.63, 3.8) is 0 Å². The molecular formula is C33H38N4O4. The SMILES string of the molecule is CC1CCc2c(ccc(-n3cc(C4=C(C(C)(C)C)CN(C(=O)O)CC4)cn3)c2Oc2ccccc2)N1C(=O)C1CC1. The van der Waals surface area contributed by atoms with Gasteiger partial charge in [-0.3, -0.25) is 4.79 Å². The van der Waals surface area contributed by atoms with Crippen LogP contribution in [0.15, 0.2) is 60.4 Å². The third-order valence-corrected chi connectivity index (χ3v) is 8.55. The Hall–Kier alpha value is -4.07. The lowest BCUT2D eigenvalue weighted by Gasteiger charge is -2.36. The smallest absolute Gasteiger partial charge is 0.407 e. The topological polar surface area (TPSA) is 87.9 Å². The molecule has 41 heavy (non-hydrogen) atoms. The van der Waals surface area contributed by atoms with Crippen molar-refractivity contribution in [2.24, 2.45) is 11.3 Å². The largest absolute Gasteiger partial charge is 0.465 e. The zero-order chi connectivity index (χ0) is 28.9. The molecule has 1 fully saturated rings. The van der Waals surface area contributed by atoms with Crippen LogP contribution in [0.2, 0.25) is 0 Å². The highest BCUT2D eigenvalue weighted by molar-refractivity contribution is 5.98. The second-order valence-electron chi connectivity index (χ2n) is 12.5. The lowest BCUT2D eigenvalue weighted by atomic mass is 9.79. The lowest BCUT2D eigenvalue weighted by molar-refractivity contribution is -0.120. The summed E-state index contributed by atoms with van der Waals surface area (Å²) in [5.74, 6) is 1.79. The third kappa shape index (κ3) is 5.23. The number of carboxylic acid groups (broad SMARTS) is 1. The van der Waals surface area contributed by atoms with Gasteiger partial charge in [-0.05, 0) is 79.9 Å². The fourth-order valence-corrected chi connectivity index (χ4v) is 6.10. The first-order chi connectivity index (χ1) is 19.6. The maximum atomic E-state index is 13.3. The van der Waals surface area contributed by atoms with Crippen molar-refractivity contribution in [1.82, 2.24) is 14.7 Å². The number of ether oxygens (including phenoxy) is 1. The average Bonchev–Trinajstić information content (AvgIpc) is 3.69. The molecule has 6 rings (SSSR count). The molecule has 0 spiro atoms. The highest BCUT2D eigenvalue weighted by atomic mass is 16.5. The van der Waals surface area contributed by atoms with Crippen molar-refractivity contribution in [3.05, 3.63) is 71.6 Å². The lowest BCUT2D eigenvalue weighted by Crippen LogP contribution is -2.43. The third-order valence-electron chi connectivity index (χ3n) is 8.55. The minimum atomic E-state index is -0.887. The molecule has 214 valence electrons. The highest BCUT2D eigenvalue weighted by Gasteiger charge is 2.39. The molecule has 0 radical (unpaired) electrons. The van der Waals surface area contributed by atoms with E-state index in [1.165, 1.54) is 4.90 Å². The molecular weight excluding hydrogens is 516 g/mol. The molecule has 3 aliphatic rings. The van der Waals surface area contributed by atoms with Gasteiger partial charge in [0.15, 0.2) is 5.75 Å². The van der Waals surface area contributed by atoms with Gasteiger partial charge in [0.25, 0.3) is 0 Å². The summed E-state index contributed by atoms with van der Waals surface area (Å²) in [6, 6.07) is 13.9. The monoisotopic (exact) mass is 554 g/mol. The Labute approximate surface area is 241 Å². The van der Waals surface area contributed by atoms with Gasteiger partial charge in [0.2, 0.25) is 5.91 Å². The molecule has 1 aromatic heterocycles.